The minimum atomic E-state index is -4.30. The van der Waals surface area contributed by atoms with Crippen LogP contribution in [0, 0.1) is 10.1 Å². The fourth-order valence-corrected chi connectivity index (χ4v) is 4.64. The van der Waals surface area contributed by atoms with E-state index in [0.717, 1.165) is 5.56 Å². The monoisotopic (exact) mass is 496 g/mol. The van der Waals surface area contributed by atoms with Gasteiger partial charge < -0.3 is 4.74 Å². The van der Waals surface area contributed by atoms with Crippen molar-refractivity contribution in [3.63, 3.8) is 0 Å². The van der Waals surface area contributed by atoms with Crippen LogP contribution in [0.1, 0.15) is 19.4 Å². The van der Waals surface area contributed by atoms with E-state index in [-0.39, 0.29) is 10.6 Å². The Morgan fingerprint density at radius 1 is 1.03 bits per heavy atom. The number of carbonyl (C=O) groups excluding carboxylic acids is 1. The minimum Gasteiger partial charge on any atom is -0.494 e. The van der Waals surface area contributed by atoms with E-state index < -0.39 is 33.1 Å². The molecule has 3 aromatic rings. The maximum Gasteiger partial charge on any atom is 0.293 e. The Labute approximate surface area is 203 Å². The van der Waals surface area contributed by atoms with Gasteiger partial charge in [-0.25, -0.2) is 18.1 Å². The highest BCUT2D eigenvalue weighted by Gasteiger charge is 2.31. The van der Waals surface area contributed by atoms with E-state index in [1.807, 2.05) is 6.92 Å². The van der Waals surface area contributed by atoms with Crippen LogP contribution in [0.2, 0.25) is 0 Å². The molecule has 0 saturated heterocycles. The van der Waals surface area contributed by atoms with Gasteiger partial charge in [0.25, 0.3) is 21.6 Å². The number of para-hydroxylation sites is 2. The number of nitro benzene ring substituents is 1. The number of sulfonamides is 1. The molecule has 0 aliphatic carbocycles. The summed E-state index contributed by atoms with van der Waals surface area (Å²) in [5.41, 5.74) is 2.85. The lowest BCUT2D eigenvalue weighted by Gasteiger charge is -2.23. The van der Waals surface area contributed by atoms with Crippen molar-refractivity contribution in [2.75, 3.05) is 17.5 Å². The van der Waals surface area contributed by atoms with Gasteiger partial charge in [0.15, 0.2) is 0 Å². The fourth-order valence-electron chi connectivity index (χ4n) is 3.18. The topological polar surface area (TPSA) is 131 Å². The molecule has 0 saturated carbocycles. The van der Waals surface area contributed by atoms with E-state index in [9.17, 15) is 23.3 Å². The number of ether oxygens (including phenoxy) is 1. The Morgan fingerprint density at radius 3 is 2.29 bits per heavy atom. The molecule has 3 rings (SSSR count). The zero-order chi connectivity index (χ0) is 25.4. The molecule has 0 aliphatic heterocycles. The number of nitrogens with zero attached hydrogens (tertiary/aromatic N) is 3. The second-order valence-corrected chi connectivity index (χ2v) is 9.12. The van der Waals surface area contributed by atoms with Gasteiger partial charge in [-0.1, -0.05) is 30.3 Å². The second-order valence-electron chi connectivity index (χ2n) is 7.26. The van der Waals surface area contributed by atoms with Crippen molar-refractivity contribution >= 4 is 33.0 Å². The Bertz CT molecular complexity index is 1330. The van der Waals surface area contributed by atoms with Crippen molar-refractivity contribution in [1.82, 2.24) is 5.43 Å². The van der Waals surface area contributed by atoms with Crippen LogP contribution in [0.25, 0.3) is 0 Å². The van der Waals surface area contributed by atoms with E-state index in [1.165, 1.54) is 48.5 Å². The third-order valence-electron chi connectivity index (χ3n) is 4.90. The number of hydrogen-bond acceptors (Lipinski definition) is 7. The summed E-state index contributed by atoms with van der Waals surface area (Å²) in [6, 6.07) is 19.8. The summed E-state index contributed by atoms with van der Waals surface area (Å²) in [5.74, 6) is -0.0766. The number of anilines is 1. The molecular weight excluding hydrogens is 472 g/mol. The van der Waals surface area contributed by atoms with Crippen LogP contribution in [-0.4, -0.2) is 38.1 Å². The van der Waals surface area contributed by atoms with E-state index in [0.29, 0.717) is 22.4 Å². The van der Waals surface area contributed by atoms with Gasteiger partial charge >= 0.3 is 0 Å². The van der Waals surface area contributed by atoms with Crippen LogP contribution in [0.15, 0.2) is 88.9 Å². The van der Waals surface area contributed by atoms with E-state index in [2.05, 4.69) is 10.5 Å². The predicted octanol–water partition coefficient (Wildman–Crippen LogP) is 3.73. The Morgan fingerprint density at radius 2 is 1.66 bits per heavy atom. The van der Waals surface area contributed by atoms with E-state index >= 15 is 0 Å². The quantitative estimate of drug-likeness (QED) is 0.258. The number of carbonyl (C=O) groups is 1. The summed E-state index contributed by atoms with van der Waals surface area (Å²) in [4.78, 5) is 23.5. The lowest BCUT2D eigenvalue weighted by atomic mass is 10.1. The van der Waals surface area contributed by atoms with Crippen LogP contribution >= 0.6 is 0 Å². The molecule has 3 aromatic carbocycles. The number of nitro groups is 1. The normalized spacial score (nSPS) is 11.5. The van der Waals surface area contributed by atoms with Crippen LogP contribution in [-0.2, 0) is 14.8 Å². The highest BCUT2D eigenvalue weighted by molar-refractivity contribution is 7.92. The molecule has 0 unspecified atom stereocenters. The number of rotatable bonds is 10. The van der Waals surface area contributed by atoms with Gasteiger partial charge in [0, 0.05) is 6.07 Å². The van der Waals surface area contributed by atoms with Gasteiger partial charge in [0.05, 0.1) is 22.1 Å². The molecule has 182 valence electrons. The molecule has 1 N–H and O–H groups in total. The first kappa shape index (κ1) is 25.4. The number of benzene rings is 3. The molecule has 0 atom stereocenters. The highest BCUT2D eigenvalue weighted by atomic mass is 32.2. The van der Waals surface area contributed by atoms with Crippen molar-refractivity contribution in [2.24, 2.45) is 5.10 Å². The zero-order valence-electron chi connectivity index (χ0n) is 19.1. The summed E-state index contributed by atoms with van der Waals surface area (Å²) in [5, 5.41) is 15.6. The molecule has 0 bridgehead atoms. The number of hydrazone groups is 1. The lowest BCUT2D eigenvalue weighted by Crippen LogP contribution is -2.40. The van der Waals surface area contributed by atoms with Gasteiger partial charge in [-0.3, -0.25) is 14.9 Å². The highest BCUT2D eigenvalue weighted by Crippen LogP contribution is 2.31. The Balaban J connectivity index is 1.88. The first-order valence-electron chi connectivity index (χ1n) is 10.6. The SMILES string of the molecule is CCOc1ccc(/C(C)=N\NC(=O)CN(c2ccccc2[N+](=O)[O-])S(=O)(=O)c2ccccc2)cc1. The van der Waals surface area contributed by atoms with Crippen molar-refractivity contribution < 1.29 is 22.9 Å². The molecule has 35 heavy (non-hydrogen) atoms. The zero-order valence-corrected chi connectivity index (χ0v) is 19.9. The van der Waals surface area contributed by atoms with E-state index in [1.54, 1.807) is 37.3 Å². The molecule has 10 nitrogen and oxygen atoms in total. The molecule has 11 heteroatoms. The van der Waals surface area contributed by atoms with Crippen molar-refractivity contribution in [3.05, 3.63) is 94.5 Å². The first-order valence-corrected chi connectivity index (χ1v) is 12.1. The van der Waals surface area contributed by atoms with Crippen LogP contribution in [0.4, 0.5) is 11.4 Å². The number of nitrogens with one attached hydrogen (secondary N) is 1. The van der Waals surface area contributed by atoms with E-state index in [4.69, 9.17) is 4.74 Å². The summed E-state index contributed by atoms with van der Waals surface area (Å²) in [6.45, 7) is 3.37. The van der Waals surface area contributed by atoms with Crippen LogP contribution < -0.4 is 14.5 Å². The molecule has 0 fully saturated rings. The standard InChI is InChI=1S/C24H24N4O6S/c1-3-34-20-15-13-19(14-16-20)18(2)25-26-24(29)17-27(22-11-7-8-12-23(22)28(30)31)35(32,33)21-9-5-4-6-10-21/h4-16H,3,17H2,1-2H3,(H,26,29)/b25-18-. The molecule has 0 heterocycles. The lowest BCUT2D eigenvalue weighted by molar-refractivity contribution is -0.384. The maximum absolute atomic E-state index is 13.4. The molecule has 0 spiro atoms. The fraction of sp³-hybridized carbons (Fsp3) is 0.167. The molecule has 0 radical (unpaired) electrons. The van der Waals surface area contributed by atoms with Gasteiger partial charge in [-0.2, -0.15) is 5.10 Å². The van der Waals surface area contributed by atoms with Gasteiger partial charge in [-0.15, -0.1) is 0 Å². The third-order valence-corrected chi connectivity index (χ3v) is 6.67. The summed E-state index contributed by atoms with van der Waals surface area (Å²) >= 11 is 0. The number of amides is 1. The molecular formula is C24H24N4O6S. The summed E-state index contributed by atoms with van der Waals surface area (Å²) in [6.07, 6.45) is 0. The van der Waals surface area contributed by atoms with Crippen LogP contribution in [0.5, 0.6) is 5.75 Å². The molecule has 1 amide bonds. The van der Waals surface area contributed by atoms with Crippen molar-refractivity contribution in [2.45, 2.75) is 18.7 Å². The van der Waals surface area contributed by atoms with Gasteiger partial charge in [-0.05, 0) is 61.9 Å². The number of hydrogen-bond donors (Lipinski definition) is 1. The first-order chi connectivity index (χ1) is 16.7. The minimum absolute atomic E-state index is 0.111. The molecule has 0 aliphatic rings. The van der Waals surface area contributed by atoms with Crippen molar-refractivity contribution in [3.8, 4) is 5.75 Å². The average molecular weight is 497 g/mol. The van der Waals surface area contributed by atoms with Gasteiger partial charge in [0.2, 0.25) is 0 Å². The molecule has 0 aromatic heterocycles. The second kappa shape index (κ2) is 11.3. The summed E-state index contributed by atoms with van der Waals surface area (Å²) in [7, 11) is -4.30. The Kier molecular flexibility index (Phi) is 8.16. The van der Waals surface area contributed by atoms with Crippen molar-refractivity contribution in [1.29, 1.82) is 0 Å². The smallest absolute Gasteiger partial charge is 0.293 e. The predicted molar refractivity (Wildman–Crippen MR) is 132 cm³/mol. The average Bonchev–Trinajstić information content (AvgIpc) is 2.87. The third kappa shape index (κ3) is 6.21. The van der Waals surface area contributed by atoms with Gasteiger partial charge in [0.1, 0.15) is 18.0 Å². The largest absolute Gasteiger partial charge is 0.494 e. The Hall–Kier alpha value is -4.25. The van der Waals surface area contributed by atoms with Crippen LogP contribution in [0.3, 0.4) is 0 Å². The summed E-state index contributed by atoms with van der Waals surface area (Å²) < 4.78 is 32.8. The maximum atomic E-state index is 13.4.